The van der Waals surface area contributed by atoms with Crippen LogP contribution in [-0.2, 0) is 13.1 Å². The molecule has 0 aliphatic carbocycles. The Labute approximate surface area is 122 Å². The molecule has 0 aliphatic rings. The molecule has 0 amide bonds. The number of hydrogen-bond donors (Lipinski definition) is 1. The van der Waals surface area contributed by atoms with E-state index in [1.165, 1.54) is 22.3 Å². The smallest absolute Gasteiger partial charge is 0.0243 e. The minimum atomic E-state index is 0.692. The molecule has 106 valence electrons. The van der Waals surface area contributed by atoms with E-state index in [0.717, 1.165) is 19.6 Å². The van der Waals surface area contributed by atoms with E-state index in [4.69, 9.17) is 5.73 Å². The Hall–Kier alpha value is -1.64. The van der Waals surface area contributed by atoms with Crippen LogP contribution >= 0.6 is 0 Å². The SMILES string of the molecule is Cc1cccc(C)c1CN(CCN)Cc1ccccc1. The van der Waals surface area contributed by atoms with Crippen molar-refractivity contribution in [1.82, 2.24) is 4.90 Å². The first kappa shape index (κ1) is 14.8. The Morgan fingerprint density at radius 3 is 2.10 bits per heavy atom. The second-order valence-corrected chi connectivity index (χ2v) is 5.36. The highest BCUT2D eigenvalue weighted by atomic mass is 15.1. The van der Waals surface area contributed by atoms with Gasteiger partial charge in [-0.2, -0.15) is 0 Å². The zero-order chi connectivity index (χ0) is 14.4. The lowest BCUT2D eigenvalue weighted by molar-refractivity contribution is 0.263. The van der Waals surface area contributed by atoms with E-state index in [0.29, 0.717) is 6.54 Å². The molecule has 0 radical (unpaired) electrons. The molecule has 2 aromatic rings. The van der Waals surface area contributed by atoms with Gasteiger partial charge in [0, 0.05) is 26.2 Å². The molecule has 0 unspecified atom stereocenters. The van der Waals surface area contributed by atoms with Gasteiger partial charge in [-0.05, 0) is 36.1 Å². The van der Waals surface area contributed by atoms with E-state index >= 15 is 0 Å². The van der Waals surface area contributed by atoms with Crippen molar-refractivity contribution in [3.8, 4) is 0 Å². The van der Waals surface area contributed by atoms with Gasteiger partial charge in [0.25, 0.3) is 0 Å². The minimum absolute atomic E-state index is 0.692. The molecule has 0 saturated heterocycles. The van der Waals surface area contributed by atoms with Crippen LogP contribution in [0, 0.1) is 13.8 Å². The van der Waals surface area contributed by atoms with Gasteiger partial charge in [0.05, 0.1) is 0 Å². The van der Waals surface area contributed by atoms with Crippen LogP contribution < -0.4 is 5.73 Å². The quantitative estimate of drug-likeness (QED) is 0.871. The summed E-state index contributed by atoms with van der Waals surface area (Å²) in [6.45, 7) is 7.90. The first-order chi connectivity index (χ1) is 9.70. The van der Waals surface area contributed by atoms with Gasteiger partial charge in [0.2, 0.25) is 0 Å². The Balaban J connectivity index is 2.13. The van der Waals surface area contributed by atoms with Gasteiger partial charge >= 0.3 is 0 Å². The Kier molecular flexibility index (Phi) is 5.33. The molecule has 2 N–H and O–H groups in total. The molecule has 2 nitrogen and oxygen atoms in total. The summed E-state index contributed by atoms with van der Waals surface area (Å²) in [6.07, 6.45) is 0. The van der Waals surface area contributed by atoms with Gasteiger partial charge in [0.15, 0.2) is 0 Å². The van der Waals surface area contributed by atoms with Crippen LogP contribution in [0.2, 0.25) is 0 Å². The summed E-state index contributed by atoms with van der Waals surface area (Å²) in [4.78, 5) is 2.42. The zero-order valence-corrected chi connectivity index (χ0v) is 12.5. The number of hydrogen-bond acceptors (Lipinski definition) is 2. The molecule has 2 heteroatoms. The van der Waals surface area contributed by atoms with Gasteiger partial charge < -0.3 is 5.73 Å². The monoisotopic (exact) mass is 268 g/mol. The lowest BCUT2D eigenvalue weighted by atomic mass is 10.0. The van der Waals surface area contributed by atoms with Crippen molar-refractivity contribution < 1.29 is 0 Å². The van der Waals surface area contributed by atoms with E-state index in [9.17, 15) is 0 Å². The molecule has 0 aliphatic heterocycles. The molecule has 0 heterocycles. The normalized spacial score (nSPS) is 11.0. The lowest BCUT2D eigenvalue weighted by Gasteiger charge is -2.24. The summed E-state index contributed by atoms with van der Waals surface area (Å²) in [6, 6.07) is 17.1. The van der Waals surface area contributed by atoms with Crippen molar-refractivity contribution in [1.29, 1.82) is 0 Å². The molecule has 20 heavy (non-hydrogen) atoms. The van der Waals surface area contributed by atoms with Gasteiger partial charge in [-0.15, -0.1) is 0 Å². The molecule has 0 spiro atoms. The predicted molar refractivity (Wildman–Crippen MR) is 85.5 cm³/mol. The van der Waals surface area contributed by atoms with E-state index < -0.39 is 0 Å². The second-order valence-electron chi connectivity index (χ2n) is 5.36. The van der Waals surface area contributed by atoms with Crippen LogP contribution in [0.15, 0.2) is 48.5 Å². The number of nitrogens with zero attached hydrogens (tertiary/aromatic N) is 1. The predicted octanol–water partition coefficient (Wildman–Crippen LogP) is 3.26. The first-order valence-corrected chi connectivity index (χ1v) is 7.22. The maximum atomic E-state index is 5.77. The van der Waals surface area contributed by atoms with Crippen LogP contribution in [0.5, 0.6) is 0 Å². The van der Waals surface area contributed by atoms with Crippen LogP contribution in [-0.4, -0.2) is 18.0 Å². The van der Waals surface area contributed by atoms with Gasteiger partial charge in [-0.1, -0.05) is 48.5 Å². The molecule has 2 rings (SSSR count). The maximum absolute atomic E-state index is 5.77. The first-order valence-electron chi connectivity index (χ1n) is 7.22. The average molecular weight is 268 g/mol. The van der Waals surface area contributed by atoms with E-state index in [1.54, 1.807) is 0 Å². The fourth-order valence-electron chi connectivity index (χ4n) is 2.56. The summed E-state index contributed by atoms with van der Waals surface area (Å²) in [5.74, 6) is 0. The highest BCUT2D eigenvalue weighted by Gasteiger charge is 2.09. The second kappa shape index (κ2) is 7.22. The zero-order valence-electron chi connectivity index (χ0n) is 12.5. The van der Waals surface area contributed by atoms with Crippen LogP contribution in [0.3, 0.4) is 0 Å². The summed E-state index contributed by atoms with van der Waals surface area (Å²) >= 11 is 0. The third-order valence-electron chi connectivity index (χ3n) is 3.72. The van der Waals surface area contributed by atoms with Gasteiger partial charge in [0.1, 0.15) is 0 Å². The van der Waals surface area contributed by atoms with Crippen LogP contribution in [0.25, 0.3) is 0 Å². The Bertz CT molecular complexity index is 514. The average Bonchev–Trinajstić information content (AvgIpc) is 2.44. The van der Waals surface area contributed by atoms with Crippen molar-refractivity contribution in [3.05, 3.63) is 70.8 Å². The van der Waals surface area contributed by atoms with Crippen LogP contribution in [0.4, 0.5) is 0 Å². The molecule has 0 atom stereocenters. The summed E-state index contributed by atoms with van der Waals surface area (Å²) in [5.41, 5.74) is 11.3. The van der Waals surface area contributed by atoms with Crippen molar-refractivity contribution >= 4 is 0 Å². The Morgan fingerprint density at radius 1 is 0.850 bits per heavy atom. The van der Waals surface area contributed by atoms with Crippen molar-refractivity contribution in [3.63, 3.8) is 0 Å². The molecular formula is C18H24N2. The summed E-state index contributed by atoms with van der Waals surface area (Å²) in [5, 5.41) is 0. The molecule has 0 bridgehead atoms. The number of nitrogens with two attached hydrogens (primary N) is 1. The van der Waals surface area contributed by atoms with Gasteiger partial charge in [-0.3, -0.25) is 4.90 Å². The highest BCUT2D eigenvalue weighted by molar-refractivity contribution is 5.33. The summed E-state index contributed by atoms with van der Waals surface area (Å²) in [7, 11) is 0. The Morgan fingerprint density at radius 2 is 1.50 bits per heavy atom. The molecule has 0 saturated carbocycles. The fraction of sp³-hybridized carbons (Fsp3) is 0.333. The largest absolute Gasteiger partial charge is 0.329 e. The number of benzene rings is 2. The molecule has 2 aromatic carbocycles. The van der Waals surface area contributed by atoms with E-state index in [1.807, 2.05) is 0 Å². The van der Waals surface area contributed by atoms with E-state index in [2.05, 4.69) is 67.3 Å². The molecule has 0 fully saturated rings. The third kappa shape index (κ3) is 3.92. The van der Waals surface area contributed by atoms with Crippen LogP contribution in [0.1, 0.15) is 22.3 Å². The standard InChI is InChI=1S/C18H24N2/c1-15-7-6-8-16(2)18(15)14-20(12-11-19)13-17-9-4-3-5-10-17/h3-10H,11-14,19H2,1-2H3. The topological polar surface area (TPSA) is 29.3 Å². The minimum Gasteiger partial charge on any atom is -0.329 e. The molecular weight excluding hydrogens is 244 g/mol. The van der Waals surface area contributed by atoms with Crippen molar-refractivity contribution in [2.45, 2.75) is 26.9 Å². The number of aryl methyl sites for hydroxylation is 2. The summed E-state index contributed by atoms with van der Waals surface area (Å²) < 4.78 is 0. The maximum Gasteiger partial charge on any atom is 0.0243 e. The lowest BCUT2D eigenvalue weighted by Crippen LogP contribution is -2.29. The molecule has 0 aromatic heterocycles. The van der Waals surface area contributed by atoms with Crippen molar-refractivity contribution in [2.75, 3.05) is 13.1 Å². The number of rotatable bonds is 6. The van der Waals surface area contributed by atoms with Gasteiger partial charge in [-0.25, -0.2) is 0 Å². The van der Waals surface area contributed by atoms with Crippen molar-refractivity contribution in [2.24, 2.45) is 5.73 Å². The van der Waals surface area contributed by atoms with E-state index in [-0.39, 0.29) is 0 Å². The fourth-order valence-corrected chi connectivity index (χ4v) is 2.56. The highest BCUT2D eigenvalue weighted by Crippen LogP contribution is 2.17. The third-order valence-corrected chi connectivity index (χ3v) is 3.72.